The fourth-order valence-corrected chi connectivity index (χ4v) is 2.73. The van der Waals surface area contributed by atoms with Crippen LogP contribution in [-0.2, 0) is 4.79 Å². The smallest absolute Gasteiger partial charge is 0.257 e. The van der Waals surface area contributed by atoms with E-state index in [-0.39, 0.29) is 11.8 Å². The van der Waals surface area contributed by atoms with Crippen LogP contribution in [0.5, 0.6) is 0 Å². The first kappa shape index (κ1) is 20.6. The molecule has 0 aliphatic carbocycles. The van der Waals surface area contributed by atoms with Gasteiger partial charge in [-0.1, -0.05) is 57.2 Å². The summed E-state index contributed by atoms with van der Waals surface area (Å²) >= 11 is 0. The molecule has 0 heterocycles. The molecule has 144 valence electrons. The Morgan fingerprint density at radius 1 is 0.926 bits per heavy atom. The standard InChI is InChI=1S/C21H24F2N2O2/c1-13(2)19(25-20(26)18-16(22)10-7-11-17(18)23)21(27)24-12-14(3)15-8-5-4-6-9-15/h4-11,13-14,19H,12H2,1-3H3,(H,24,27)(H,25,26). The first-order chi connectivity index (χ1) is 12.8. The van der Waals surface area contributed by atoms with E-state index >= 15 is 0 Å². The van der Waals surface area contributed by atoms with Crippen LogP contribution < -0.4 is 10.6 Å². The SMILES string of the molecule is CC(CNC(=O)C(NC(=O)c1c(F)cccc1F)C(C)C)c1ccccc1. The van der Waals surface area contributed by atoms with Crippen molar-refractivity contribution in [3.8, 4) is 0 Å². The van der Waals surface area contributed by atoms with Gasteiger partial charge in [0.15, 0.2) is 0 Å². The lowest BCUT2D eigenvalue weighted by molar-refractivity contribution is -0.124. The predicted molar refractivity (Wildman–Crippen MR) is 100 cm³/mol. The number of halogens is 2. The molecule has 0 radical (unpaired) electrons. The summed E-state index contributed by atoms with van der Waals surface area (Å²) in [6, 6.07) is 12.0. The minimum Gasteiger partial charge on any atom is -0.354 e. The zero-order valence-corrected chi connectivity index (χ0v) is 15.6. The van der Waals surface area contributed by atoms with Crippen molar-refractivity contribution >= 4 is 11.8 Å². The molecule has 2 aromatic carbocycles. The van der Waals surface area contributed by atoms with Gasteiger partial charge in [-0.05, 0) is 29.5 Å². The highest BCUT2D eigenvalue weighted by Gasteiger charge is 2.27. The molecule has 2 atom stereocenters. The van der Waals surface area contributed by atoms with Crippen molar-refractivity contribution < 1.29 is 18.4 Å². The molecule has 0 aliphatic rings. The van der Waals surface area contributed by atoms with Crippen molar-refractivity contribution in [3.05, 3.63) is 71.3 Å². The molecule has 0 aliphatic heterocycles. The molecule has 2 rings (SSSR count). The fourth-order valence-electron chi connectivity index (χ4n) is 2.73. The summed E-state index contributed by atoms with van der Waals surface area (Å²) in [6.45, 7) is 5.87. The maximum absolute atomic E-state index is 13.8. The largest absolute Gasteiger partial charge is 0.354 e. The highest BCUT2D eigenvalue weighted by molar-refractivity contribution is 5.98. The maximum atomic E-state index is 13.8. The number of amides is 2. The van der Waals surface area contributed by atoms with E-state index in [0.29, 0.717) is 6.54 Å². The van der Waals surface area contributed by atoms with Gasteiger partial charge >= 0.3 is 0 Å². The highest BCUT2D eigenvalue weighted by atomic mass is 19.1. The molecule has 2 N–H and O–H groups in total. The van der Waals surface area contributed by atoms with Gasteiger partial charge in [0.25, 0.3) is 5.91 Å². The average Bonchev–Trinajstić information content (AvgIpc) is 2.64. The molecule has 2 unspecified atom stereocenters. The second-order valence-electron chi connectivity index (χ2n) is 6.85. The van der Waals surface area contributed by atoms with Crippen molar-refractivity contribution in [2.45, 2.75) is 32.7 Å². The van der Waals surface area contributed by atoms with Crippen molar-refractivity contribution in [1.82, 2.24) is 10.6 Å². The lowest BCUT2D eigenvalue weighted by Crippen LogP contribution is -2.50. The maximum Gasteiger partial charge on any atom is 0.257 e. The van der Waals surface area contributed by atoms with E-state index in [4.69, 9.17) is 0 Å². The summed E-state index contributed by atoms with van der Waals surface area (Å²) in [5, 5.41) is 5.25. The Labute approximate surface area is 158 Å². The van der Waals surface area contributed by atoms with E-state index in [2.05, 4.69) is 10.6 Å². The zero-order valence-electron chi connectivity index (χ0n) is 15.6. The Morgan fingerprint density at radius 2 is 1.52 bits per heavy atom. The van der Waals surface area contributed by atoms with Gasteiger partial charge in [-0.3, -0.25) is 9.59 Å². The van der Waals surface area contributed by atoms with Crippen LogP contribution in [0.3, 0.4) is 0 Å². The van der Waals surface area contributed by atoms with E-state index in [1.807, 2.05) is 37.3 Å². The summed E-state index contributed by atoms with van der Waals surface area (Å²) in [5.74, 6) is -3.44. The molecule has 0 aromatic heterocycles. The van der Waals surface area contributed by atoms with Crippen LogP contribution in [0.2, 0.25) is 0 Å². The Hall–Kier alpha value is -2.76. The van der Waals surface area contributed by atoms with Gasteiger partial charge in [0.2, 0.25) is 5.91 Å². The zero-order chi connectivity index (χ0) is 20.0. The molecule has 2 aromatic rings. The normalized spacial score (nSPS) is 13.1. The molecule has 0 saturated heterocycles. The number of rotatable bonds is 7. The molecular formula is C21H24F2N2O2. The second kappa shape index (κ2) is 9.26. The Bertz CT molecular complexity index is 774. The summed E-state index contributed by atoms with van der Waals surface area (Å²) in [7, 11) is 0. The summed E-state index contributed by atoms with van der Waals surface area (Å²) in [4.78, 5) is 24.8. The van der Waals surface area contributed by atoms with E-state index < -0.39 is 35.1 Å². The van der Waals surface area contributed by atoms with E-state index in [0.717, 1.165) is 17.7 Å². The third-order valence-electron chi connectivity index (χ3n) is 4.38. The molecule has 4 nitrogen and oxygen atoms in total. The second-order valence-corrected chi connectivity index (χ2v) is 6.85. The van der Waals surface area contributed by atoms with Gasteiger partial charge < -0.3 is 10.6 Å². The Balaban J connectivity index is 2.04. The van der Waals surface area contributed by atoms with Gasteiger partial charge in [0, 0.05) is 6.54 Å². The first-order valence-electron chi connectivity index (χ1n) is 8.88. The van der Waals surface area contributed by atoms with Crippen LogP contribution in [0.25, 0.3) is 0 Å². The molecule has 6 heteroatoms. The first-order valence-corrected chi connectivity index (χ1v) is 8.88. The predicted octanol–water partition coefficient (Wildman–Crippen LogP) is 3.64. The van der Waals surface area contributed by atoms with Crippen LogP contribution in [0.1, 0.15) is 42.6 Å². The highest BCUT2D eigenvalue weighted by Crippen LogP contribution is 2.15. The third kappa shape index (κ3) is 5.36. The average molecular weight is 374 g/mol. The molecule has 0 bridgehead atoms. The number of hydrogen-bond donors (Lipinski definition) is 2. The minimum absolute atomic E-state index is 0.0858. The Kier molecular flexibility index (Phi) is 7.05. The lowest BCUT2D eigenvalue weighted by atomic mass is 9.99. The fraction of sp³-hybridized carbons (Fsp3) is 0.333. The number of nitrogens with one attached hydrogen (secondary N) is 2. The topological polar surface area (TPSA) is 58.2 Å². The van der Waals surface area contributed by atoms with Gasteiger partial charge in [0.1, 0.15) is 23.2 Å². The van der Waals surface area contributed by atoms with E-state index in [1.165, 1.54) is 6.07 Å². The third-order valence-corrected chi connectivity index (χ3v) is 4.38. The summed E-state index contributed by atoms with van der Waals surface area (Å²) < 4.78 is 27.6. The van der Waals surface area contributed by atoms with Gasteiger partial charge in [-0.2, -0.15) is 0 Å². The number of hydrogen-bond acceptors (Lipinski definition) is 2. The van der Waals surface area contributed by atoms with Crippen molar-refractivity contribution in [1.29, 1.82) is 0 Å². The van der Waals surface area contributed by atoms with Crippen LogP contribution >= 0.6 is 0 Å². The van der Waals surface area contributed by atoms with Gasteiger partial charge in [0.05, 0.1) is 0 Å². The molecule has 2 amide bonds. The van der Waals surface area contributed by atoms with Crippen LogP contribution in [0, 0.1) is 17.6 Å². The molecule has 0 saturated carbocycles. The summed E-state index contributed by atoms with van der Waals surface area (Å²) in [6.07, 6.45) is 0. The van der Waals surface area contributed by atoms with E-state index in [1.54, 1.807) is 13.8 Å². The monoisotopic (exact) mass is 374 g/mol. The van der Waals surface area contributed by atoms with Crippen molar-refractivity contribution in [2.75, 3.05) is 6.54 Å². The van der Waals surface area contributed by atoms with Crippen molar-refractivity contribution in [3.63, 3.8) is 0 Å². The summed E-state index contributed by atoms with van der Waals surface area (Å²) in [5.41, 5.74) is 0.393. The quantitative estimate of drug-likeness (QED) is 0.777. The lowest BCUT2D eigenvalue weighted by Gasteiger charge is -2.23. The van der Waals surface area contributed by atoms with Crippen molar-refractivity contribution in [2.24, 2.45) is 5.92 Å². The molecular weight excluding hydrogens is 350 g/mol. The molecule has 27 heavy (non-hydrogen) atoms. The van der Waals surface area contributed by atoms with Crippen LogP contribution in [0.15, 0.2) is 48.5 Å². The van der Waals surface area contributed by atoms with Gasteiger partial charge in [-0.15, -0.1) is 0 Å². The van der Waals surface area contributed by atoms with Crippen LogP contribution in [-0.4, -0.2) is 24.4 Å². The number of carbonyl (C=O) groups is 2. The van der Waals surface area contributed by atoms with E-state index in [9.17, 15) is 18.4 Å². The number of carbonyl (C=O) groups excluding carboxylic acids is 2. The minimum atomic E-state index is -0.965. The molecule has 0 spiro atoms. The number of benzene rings is 2. The Morgan fingerprint density at radius 3 is 2.07 bits per heavy atom. The van der Waals surface area contributed by atoms with Crippen LogP contribution in [0.4, 0.5) is 8.78 Å². The van der Waals surface area contributed by atoms with Gasteiger partial charge in [-0.25, -0.2) is 8.78 Å². The molecule has 0 fully saturated rings.